The fourth-order valence-corrected chi connectivity index (χ4v) is 5.84. The van der Waals surface area contributed by atoms with E-state index in [1.165, 1.54) is 16.5 Å². The maximum atomic E-state index is 13.3. The molecule has 1 aromatic heterocycles. The minimum atomic E-state index is 0.201. The molecule has 32 heavy (non-hydrogen) atoms. The topological polar surface area (TPSA) is 48.8 Å². The van der Waals surface area contributed by atoms with Crippen LogP contribution in [0.5, 0.6) is 0 Å². The van der Waals surface area contributed by atoms with Crippen LogP contribution in [0.3, 0.4) is 0 Å². The van der Waals surface area contributed by atoms with Gasteiger partial charge in [-0.05, 0) is 69.7 Å². The summed E-state index contributed by atoms with van der Waals surface area (Å²) in [6.45, 7) is 10.8. The van der Waals surface area contributed by atoms with Gasteiger partial charge in [-0.25, -0.2) is 0 Å². The van der Waals surface area contributed by atoms with Crippen molar-refractivity contribution in [2.45, 2.75) is 64.5 Å². The van der Waals surface area contributed by atoms with Crippen LogP contribution in [0.25, 0.3) is 10.9 Å². The van der Waals surface area contributed by atoms with Gasteiger partial charge in [0.1, 0.15) is 6.04 Å². The zero-order valence-corrected chi connectivity index (χ0v) is 19.7. The van der Waals surface area contributed by atoms with E-state index in [2.05, 4.69) is 53.8 Å². The summed E-state index contributed by atoms with van der Waals surface area (Å²) >= 11 is 0. The molecule has 2 unspecified atom stereocenters. The lowest BCUT2D eigenvalue weighted by Crippen LogP contribution is -2.44. The molecule has 2 aromatic rings. The molecular weight excluding hydrogens is 396 g/mol. The average molecular weight is 433 g/mol. The molecule has 5 heteroatoms. The van der Waals surface area contributed by atoms with Crippen LogP contribution in [0.1, 0.15) is 69.5 Å². The molecule has 3 atom stereocenters. The summed E-state index contributed by atoms with van der Waals surface area (Å²) in [6, 6.07) is 9.51. The molecule has 1 aromatic carbocycles. The van der Waals surface area contributed by atoms with E-state index in [4.69, 9.17) is 4.98 Å². The number of pyridine rings is 1. The molecule has 0 bridgehead atoms. The molecule has 3 aliphatic rings. The summed E-state index contributed by atoms with van der Waals surface area (Å²) < 4.78 is 0. The zero-order chi connectivity index (χ0) is 22.2. The summed E-state index contributed by atoms with van der Waals surface area (Å²) in [5, 5.41) is 1.23. The summed E-state index contributed by atoms with van der Waals surface area (Å²) in [7, 11) is 0. The summed E-state index contributed by atoms with van der Waals surface area (Å²) in [4.78, 5) is 27.1. The summed E-state index contributed by atoms with van der Waals surface area (Å²) in [5.74, 6) is 1.77. The van der Waals surface area contributed by atoms with E-state index in [0.717, 1.165) is 51.0 Å². The van der Waals surface area contributed by atoms with Gasteiger partial charge in [0.25, 0.3) is 0 Å². The lowest BCUT2D eigenvalue weighted by Gasteiger charge is -2.39. The van der Waals surface area contributed by atoms with E-state index in [1.807, 2.05) is 18.5 Å². The molecule has 170 valence electrons. The van der Waals surface area contributed by atoms with Crippen molar-refractivity contribution < 1.29 is 4.79 Å². The van der Waals surface area contributed by atoms with Gasteiger partial charge >= 0.3 is 0 Å². The van der Waals surface area contributed by atoms with E-state index < -0.39 is 0 Å². The lowest BCUT2D eigenvalue weighted by atomic mass is 9.82. The molecule has 0 radical (unpaired) electrons. The van der Waals surface area contributed by atoms with Gasteiger partial charge in [-0.3, -0.25) is 14.8 Å². The smallest absolute Gasteiger partial charge is 0.222 e. The van der Waals surface area contributed by atoms with Crippen LogP contribution in [-0.2, 0) is 4.79 Å². The van der Waals surface area contributed by atoms with Crippen LogP contribution in [-0.4, -0.2) is 59.1 Å². The van der Waals surface area contributed by atoms with Gasteiger partial charge in [-0.2, -0.15) is 0 Å². The van der Waals surface area contributed by atoms with Gasteiger partial charge in [-0.1, -0.05) is 25.1 Å². The molecular formula is C27H36N4O. The maximum Gasteiger partial charge on any atom is 0.222 e. The monoisotopic (exact) mass is 432 g/mol. The number of carbonyl (C=O) groups excluding carboxylic acids is 1. The molecule has 0 N–H and O–H groups in total. The third-order valence-corrected chi connectivity index (χ3v) is 7.75. The van der Waals surface area contributed by atoms with Gasteiger partial charge in [0.2, 0.25) is 5.91 Å². The first kappa shape index (κ1) is 21.6. The molecule has 5 nitrogen and oxygen atoms in total. The first-order valence-corrected chi connectivity index (χ1v) is 12.4. The highest BCUT2D eigenvalue weighted by Crippen LogP contribution is 2.38. The van der Waals surface area contributed by atoms with E-state index in [0.29, 0.717) is 36.1 Å². The van der Waals surface area contributed by atoms with Crippen molar-refractivity contribution in [2.75, 3.05) is 26.2 Å². The predicted molar refractivity (Wildman–Crippen MR) is 130 cm³/mol. The fourth-order valence-electron chi connectivity index (χ4n) is 5.84. The Kier molecular flexibility index (Phi) is 6.02. The molecule has 2 fully saturated rings. The van der Waals surface area contributed by atoms with Crippen molar-refractivity contribution in [1.82, 2.24) is 14.8 Å². The number of hydrogen-bond donors (Lipinski definition) is 0. The second-order valence-corrected chi connectivity index (χ2v) is 10.5. The number of benzene rings is 1. The van der Waals surface area contributed by atoms with E-state index >= 15 is 0 Å². The van der Waals surface area contributed by atoms with Crippen LogP contribution < -0.4 is 0 Å². The number of piperidine rings is 2. The number of hydrogen-bond acceptors (Lipinski definition) is 4. The highest BCUT2D eigenvalue weighted by Gasteiger charge is 2.32. The third kappa shape index (κ3) is 4.45. The summed E-state index contributed by atoms with van der Waals surface area (Å²) in [6.07, 6.45) is 8.00. The fraction of sp³-hybridized carbons (Fsp3) is 0.593. The highest BCUT2D eigenvalue weighted by molar-refractivity contribution is 5.92. The van der Waals surface area contributed by atoms with Crippen molar-refractivity contribution in [1.29, 1.82) is 0 Å². The van der Waals surface area contributed by atoms with Gasteiger partial charge in [0.15, 0.2) is 0 Å². The van der Waals surface area contributed by atoms with Gasteiger partial charge in [0.05, 0.1) is 5.52 Å². The zero-order valence-electron chi connectivity index (χ0n) is 19.7. The molecule has 0 saturated carbocycles. The molecule has 0 spiro atoms. The van der Waals surface area contributed by atoms with Crippen molar-refractivity contribution >= 4 is 23.0 Å². The van der Waals surface area contributed by atoms with Gasteiger partial charge in [0, 0.05) is 54.8 Å². The Bertz CT molecular complexity index is 1000. The molecule has 2 saturated heterocycles. The minimum absolute atomic E-state index is 0.201. The van der Waals surface area contributed by atoms with Crippen molar-refractivity contribution in [3.63, 3.8) is 0 Å². The predicted octanol–water partition coefficient (Wildman–Crippen LogP) is 4.82. The van der Waals surface area contributed by atoms with Crippen molar-refractivity contribution in [3.8, 4) is 0 Å². The number of aromatic nitrogens is 1. The standard InChI is InChI=1S/C27H36N4O/c1-18(2)30-11-8-20(9-12-30)14-26(32)31-16-19(3)13-21(17-31)22-6-7-24(25-15-29-25)27-23(22)5-4-10-28-27/h4-7,10,15,18-21,25H,8-9,11-14,16-17H2,1-3H3/t19-,21?,25?/m0/s1. The second-order valence-electron chi connectivity index (χ2n) is 10.5. The number of rotatable bonds is 5. The molecule has 1 amide bonds. The number of aliphatic imine (C=N–C) groups is 1. The Morgan fingerprint density at radius 1 is 1.12 bits per heavy atom. The van der Waals surface area contributed by atoms with Crippen molar-refractivity contribution in [2.24, 2.45) is 16.8 Å². The van der Waals surface area contributed by atoms with Crippen molar-refractivity contribution in [3.05, 3.63) is 41.6 Å². The Morgan fingerprint density at radius 3 is 2.59 bits per heavy atom. The average Bonchev–Trinajstić information content (AvgIpc) is 3.63. The molecule has 3 aliphatic heterocycles. The Labute approximate surface area is 191 Å². The Balaban J connectivity index is 1.30. The maximum absolute atomic E-state index is 13.3. The van der Waals surface area contributed by atoms with E-state index in [1.54, 1.807) is 0 Å². The van der Waals surface area contributed by atoms with Crippen LogP contribution >= 0.6 is 0 Å². The molecule has 0 aliphatic carbocycles. The number of amides is 1. The number of fused-ring (bicyclic) bond motifs is 1. The number of nitrogens with zero attached hydrogens (tertiary/aromatic N) is 4. The third-order valence-electron chi connectivity index (χ3n) is 7.75. The SMILES string of the molecule is CC(C)N1CCC(CC(=O)N2CC(c3ccc(C4C=N4)c4ncccc34)C[C@H](C)C2)CC1. The number of likely N-dealkylation sites (tertiary alicyclic amines) is 2. The minimum Gasteiger partial charge on any atom is -0.342 e. The largest absolute Gasteiger partial charge is 0.342 e. The second kappa shape index (κ2) is 8.93. The molecule has 5 rings (SSSR count). The first-order valence-electron chi connectivity index (χ1n) is 12.4. The normalized spacial score (nSPS) is 26.8. The van der Waals surface area contributed by atoms with Crippen LogP contribution in [0.4, 0.5) is 0 Å². The van der Waals surface area contributed by atoms with E-state index in [-0.39, 0.29) is 6.04 Å². The van der Waals surface area contributed by atoms with Crippen LogP contribution in [0, 0.1) is 11.8 Å². The van der Waals surface area contributed by atoms with Gasteiger partial charge in [-0.15, -0.1) is 0 Å². The lowest BCUT2D eigenvalue weighted by molar-refractivity contribution is -0.134. The Hall–Kier alpha value is -2.27. The Morgan fingerprint density at radius 2 is 1.88 bits per heavy atom. The van der Waals surface area contributed by atoms with Crippen LogP contribution in [0.15, 0.2) is 35.5 Å². The van der Waals surface area contributed by atoms with E-state index in [9.17, 15) is 4.79 Å². The number of carbonyl (C=O) groups is 1. The quantitative estimate of drug-likeness (QED) is 0.680. The van der Waals surface area contributed by atoms with Gasteiger partial charge < -0.3 is 9.80 Å². The van der Waals surface area contributed by atoms with Crippen LogP contribution in [0.2, 0.25) is 0 Å². The first-order chi connectivity index (χ1) is 15.5. The summed E-state index contributed by atoms with van der Waals surface area (Å²) in [5.41, 5.74) is 3.61. The molecule has 4 heterocycles. The highest BCUT2D eigenvalue weighted by atomic mass is 16.2.